The van der Waals surface area contributed by atoms with Gasteiger partial charge in [-0.15, -0.1) is 36.4 Å². The molecule has 0 spiro atoms. The molecule has 0 unspecified atom stereocenters. The normalized spacial score (nSPS) is 9.22. The zero-order chi connectivity index (χ0) is 5.91. The maximum atomic E-state index is 9.84. The first-order valence-electron chi connectivity index (χ1n) is 1.67. The molecular weight excluding hydrogens is 209 g/mol. The van der Waals surface area contributed by atoms with Crippen molar-refractivity contribution in [1.29, 1.82) is 0 Å². The van der Waals surface area contributed by atoms with E-state index in [1.165, 1.54) is 0 Å². The molecule has 3 nitrogen and oxygen atoms in total. The van der Waals surface area contributed by atoms with Crippen molar-refractivity contribution in [3.8, 4) is 0 Å². The monoisotopic (exact) mass is 216 g/mol. The van der Waals surface area contributed by atoms with E-state index in [-0.39, 0.29) is 36.9 Å². The van der Waals surface area contributed by atoms with E-state index in [2.05, 4.69) is 0 Å². The van der Waals surface area contributed by atoms with Gasteiger partial charge in [0.15, 0.2) is 0 Å². The highest BCUT2D eigenvalue weighted by Crippen LogP contribution is 2.33. The summed E-state index contributed by atoms with van der Waals surface area (Å²) in [5.74, 6) is 0.0181. The minimum atomic E-state index is -3.80. The van der Waals surface area contributed by atoms with E-state index in [0.717, 1.165) is 0 Å². The van der Waals surface area contributed by atoms with Gasteiger partial charge in [0.2, 0.25) is 0 Å². The van der Waals surface area contributed by atoms with Crippen LogP contribution >= 0.6 is 44.0 Å². The number of rotatable bonds is 2. The summed E-state index contributed by atoms with van der Waals surface area (Å²) >= 11 is 4.99. The summed E-state index contributed by atoms with van der Waals surface area (Å²) in [6, 6.07) is 0. The number of halogens is 3. The molecule has 7 heteroatoms. The summed E-state index contributed by atoms with van der Waals surface area (Å²) < 4.78 is 9.84. The Morgan fingerprint density at radius 3 is 1.67 bits per heavy atom. The molecule has 0 aliphatic heterocycles. The van der Waals surface area contributed by atoms with Crippen molar-refractivity contribution >= 4 is 44.0 Å². The van der Waals surface area contributed by atoms with Crippen LogP contribution in [0.2, 0.25) is 0 Å². The zero-order valence-electron chi connectivity index (χ0n) is 4.36. The van der Waals surface area contributed by atoms with E-state index >= 15 is 0 Å². The van der Waals surface area contributed by atoms with Crippen molar-refractivity contribution < 1.29 is 14.4 Å². The molecule has 0 aromatic carbocycles. The summed E-state index contributed by atoms with van der Waals surface area (Å²) in [6.07, 6.45) is -0.228. The van der Waals surface area contributed by atoms with Crippen LogP contribution in [0.5, 0.6) is 0 Å². The highest BCUT2D eigenvalue weighted by molar-refractivity contribution is 7.51. The molecule has 0 aliphatic rings. The molecule has 0 saturated carbocycles. The summed E-state index contributed by atoms with van der Waals surface area (Å²) in [5, 5.41) is 0. The van der Waals surface area contributed by atoms with Crippen molar-refractivity contribution in [2.75, 3.05) is 12.0 Å². The van der Waals surface area contributed by atoms with Crippen LogP contribution in [0.15, 0.2) is 0 Å². The van der Waals surface area contributed by atoms with Crippen LogP contribution in [0, 0.1) is 0 Å². The molecule has 0 aliphatic carbocycles. The van der Waals surface area contributed by atoms with Gasteiger partial charge >= 0.3 is 7.60 Å². The molecule has 0 fully saturated rings. The molecule has 2 N–H and O–H groups in total. The Labute approximate surface area is 70.8 Å². The van der Waals surface area contributed by atoms with Crippen LogP contribution in [0.3, 0.4) is 0 Å². The Balaban J connectivity index is -0.000000180. The third-order valence-corrected chi connectivity index (χ3v) is 1.63. The number of hydrogen-bond acceptors (Lipinski definition) is 1. The fourth-order valence-corrected chi connectivity index (χ4v) is 0.991. The fourth-order valence-electron chi connectivity index (χ4n) is 0.110. The Kier molecular flexibility index (Phi) is 13.1. The predicted molar refractivity (Wildman–Crippen MR) is 42.1 cm³/mol. The van der Waals surface area contributed by atoms with E-state index < -0.39 is 7.60 Å². The number of hydrogen-bond donors (Lipinski definition) is 2. The van der Waals surface area contributed by atoms with E-state index in [4.69, 9.17) is 21.4 Å². The molecule has 0 rings (SSSR count). The Morgan fingerprint density at radius 1 is 1.33 bits per heavy atom. The highest BCUT2D eigenvalue weighted by Gasteiger charge is 2.09. The Morgan fingerprint density at radius 2 is 1.67 bits per heavy atom. The molecule has 0 bridgehead atoms. The van der Waals surface area contributed by atoms with Gasteiger partial charge in [0.05, 0.1) is 6.16 Å². The molecule has 0 aromatic heterocycles. The van der Waals surface area contributed by atoms with Crippen LogP contribution in [0.25, 0.3) is 0 Å². The smallest absolute Gasteiger partial charge is 0.324 e. The largest absolute Gasteiger partial charge is 0.326 e. The molecule has 0 atom stereocenters. The van der Waals surface area contributed by atoms with Crippen LogP contribution in [0.1, 0.15) is 0 Å². The second-order valence-electron chi connectivity index (χ2n) is 1.08. The maximum Gasteiger partial charge on any atom is 0.326 e. The van der Waals surface area contributed by atoms with Crippen molar-refractivity contribution in [2.45, 2.75) is 0 Å². The minimum absolute atomic E-state index is 0. The van der Waals surface area contributed by atoms with E-state index in [1.54, 1.807) is 0 Å². The van der Waals surface area contributed by atoms with Gasteiger partial charge in [-0.3, -0.25) is 4.57 Å². The molecule has 9 heavy (non-hydrogen) atoms. The van der Waals surface area contributed by atoms with Crippen LogP contribution < -0.4 is 0 Å². The first-order chi connectivity index (χ1) is 3.06. The lowest BCUT2D eigenvalue weighted by atomic mass is 11.0. The zero-order valence-corrected chi connectivity index (χ0v) is 7.64. The highest BCUT2D eigenvalue weighted by atomic mass is 35.5. The lowest BCUT2D eigenvalue weighted by Gasteiger charge is -1.95. The third kappa shape index (κ3) is 17.6. The minimum Gasteiger partial charge on any atom is -0.324 e. The molecule has 0 amide bonds. The molecule has 0 saturated heterocycles. The maximum absolute atomic E-state index is 9.84. The standard InChI is InChI=1S/C2H6ClO3P.2ClH/c3-1-2-7(4,5)6;;/h1-2H2,(H2,4,5,6);2*1H. The second kappa shape index (κ2) is 7.13. The van der Waals surface area contributed by atoms with Crippen molar-refractivity contribution in [1.82, 2.24) is 0 Å². The van der Waals surface area contributed by atoms with Crippen LogP contribution in [-0.4, -0.2) is 21.8 Å². The second-order valence-corrected chi connectivity index (χ2v) is 3.23. The lowest BCUT2D eigenvalue weighted by molar-refractivity contribution is 0.375. The first kappa shape index (κ1) is 16.5. The van der Waals surface area contributed by atoms with Crippen LogP contribution in [0.4, 0.5) is 0 Å². The molecule has 0 heterocycles. The van der Waals surface area contributed by atoms with Crippen molar-refractivity contribution in [3.05, 3.63) is 0 Å². The Hall–Kier alpha value is 1.02. The molecule has 0 radical (unpaired) electrons. The Bertz CT molecular complexity index is 91.1. The van der Waals surface area contributed by atoms with Gasteiger partial charge in [0.1, 0.15) is 0 Å². The van der Waals surface area contributed by atoms with Gasteiger partial charge < -0.3 is 9.79 Å². The fraction of sp³-hybridized carbons (Fsp3) is 1.00. The lowest BCUT2D eigenvalue weighted by Crippen LogP contribution is -1.86. The van der Waals surface area contributed by atoms with Crippen LogP contribution in [-0.2, 0) is 4.57 Å². The van der Waals surface area contributed by atoms with Gasteiger partial charge in [-0.25, -0.2) is 0 Å². The van der Waals surface area contributed by atoms with Gasteiger partial charge in [-0.1, -0.05) is 0 Å². The van der Waals surface area contributed by atoms with Gasteiger partial charge in [0, 0.05) is 5.88 Å². The molecule has 60 valence electrons. The quantitative estimate of drug-likeness (QED) is 0.540. The summed E-state index contributed by atoms with van der Waals surface area (Å²) in [7, 11) is -3.80. The van der Waals surface area contributed by atoms with E-state index in [9.17, 15) is 4.57 Å². The molecule has 0 aromatic rings. The third-order valence-electron chi connectivity index (χ3n) is 0.376. The van der Waals surface area contributed by atoms with Gasteiger partial charge in [0.25, 0.3) is 0 Å². The summed E-state index contributed by atoms with van der Waals surface area (Å²) in [5.41, 5.74) is 0. The average Bonchev–Trinajstić information content (AvgIpc) is 1.30. The molecular formula is C2H8Cl3O3P. The van der Waals surface area contributed by atoms with E-state index in [1.807, 2.05) is 0 Å². The SMILES string of the molecule is Cl.Cl.O=P(O)(O)CCCl. The van der Waals surface area contributed by atoms with Crippen molar-refractivity contribution in [2.24, 2.45) is 0 Å². The summed E-state index contributed by atoms with van der Waals surface area (Å²) in [4.78, 5) is 16.1. The average molecular weight is 217 g/mol. The topological polar surface area (TPSA) is 57.5 Å². The number of alkyl halides is 1. The van der Waals surface area contributed by atoms with Crippen molar-refractivity contribution in [3.63, 3.8) is 0 Å². The van der Waals surface area contributed by atoms with E-state index in [0.29, 0.717) is 0 Å². The van der Waals surface area contributed by atoms with Gasteiger partial charge in [-0.05, 0) is 0 Å². The predicted octanol–water partition coefficient (Wildman–Crippen LogP) is 1.25. The van der Waals surface area contributed by atoms with Gasteiger partial charge in [-0.2, -0.15) is 0 Å². The first-order valence-corrected chi connectivity index (χ1v) is 4.00. The summed E-state index contributed by atoms with van der Waals surface area (Å²) in [6.45, 7) is 0.